The minimum Gasteiger partial charge on any atom is -0.352 e. The van der Waals surface area contributed by atoms with E-state index in [0.29, 0.717) is 0 Å². The minimum absolute atomic E-state index is 0.0344. The van der Waals surface area contributed by atoms with E-state index in [1.54, 1.807) is 0 Å². The summed E-state index contributed by atoms with van der Waals surface area (Å²) in [7, 11) is 0. The molecule has 0 atom stereocenters. The zero-order valence-electron chi connectivity index (χ0n) is 13.1. The van der Waals surface area contributed by atoms with Gasteiger partial charge in [0, 0.05) is 38.3 Å². The van der Waals surface area contributed by atoms with Gasteiger partial charge >= 0.3 is 0 Å². The van der Waals surface area contributed by atoms with Gasteiger partial charge in [0.1, 0.15) is 0 Å². The Balaban J connectivity index is 1.53. The average Bonchev–Trinajstić information content (AvgIpc) is 2.55. The van der Waals surface area contributed by atoms with Crippen LogP contribution in [0.15, 0.2) is 30.3 Å². The molecule has 1 aliphatic rings. The summed E-state index contributed by atoms with van der Waals surface area (Å²) in [6.07, 6.45) is 2.20. The molecule has 0 spiro atoms. The highest BCUT2D eigenvalue weighted by molar-refractivity contribution is 5.94. The summed E-state index contributed by atoms with van der Waals surface area (Å²) in [5.74, 6) is 0.0344. The molecule has 1 aromatic carbocycles. The number of hydrogen-bond donors (Lipinski definition) is 1. The topological polar surface area (TPSA) is 35.6 Å². The standard InChI is InChI=1S/C17H27N3O/c1-2-19-12-14-20(15-13-19)11-7-6-10-18-17(21)16-8-4-3-5-9-16/h3-5,8-9H,2,6-7,10-15H2,1H3,(H,18,21). The van der Waals surface area contributed by atoms with E-state index >= 15 is 0 Å². The third-order valence-electron chi connectivity index (χ3n) is 4.13. The van der Waals surface area contributed by atoms with Crippen molar-refractivity contribution in [2.75, 3.05) is 45.8 Å². The lowest BCUT2D eigenvalue weighted by atomic mass is 10.2. The smallest absolute Gasteiger partial charge is 0.251 e. The molecule has 1 fully saturated rings. The number of carbonyl (C=O) groups is 1. The Morgan fingerprint density at radius 1 is 1.05 bits per heavy atom. The fourth-order valence-corrected chi connectivity index (χ4v) is 2.68. The fraction of sp³-hybridized carbons (Fsp3) is 0.588. The maximum absolute atomic E-state index is 11.9. The molecule has 116 valence electrons. The molecule has 0 saturated carbocycles. The van der Waals surface area contributed by atoms with Crippen LogP contribution in [0.4, 0.5) is 0 Å². The summed E-state index contributed by atoms with van der Waals surface area (Å²) >= 11 is 0. The molecule has 1 aromatic rings. The number of hydrogen-bond acceptors (Lipinski definition) is 3. The van der Waals surface area contributed by atoms with Gasteiger partial charge in [-0.15, -0.1) is 0 Å². The molecule has 4 heteroatoms. The number of amides is 1. The molecule has 0 aliphatic carbocycles. The Morgan fingerprint density at radius 3 is 2.38 bits per heavy atom. The highest BCUT2D eigenvalue weighted by Gasteiger charge is 2.14. The molecule has 4 nitrogen and oxygen atoms in total. The normalized spacial score (nSPS) is 16.8. The van der Waals surface area contributed by atoms with Crippen LogP contribution in [0.25, 0.3) is 0 Å². The van der Waals surface area contributed by atoms with Crippen molar-refractivity contribution < 1.29 is 4.79 Å². The molecular formula is C17H27N3O. The summed E-state index contributed by atoms with van der Waals surface area (Å²) < 4.78 is 0. The van der Waals surface area contributed by atoms with Gasteiger partial charge in [-0.2, -0.15) is 0 Å². The quantitative estimate of drug-likeness (QED) is 0.778. The van der Waals surface area contributed by atoms with Crippen molar-refractivity contribution in [3.8, 4) is 0 Å². The van der Waals surface area contributed by atoms with Gasteiger partial charge in [-0.1, -0.05) is 25.1 Å². The van der Waals surface area contributed by atoms with Crippen molar-refractivity contribution in [2.45, 2.75) is 19.8 Å². The van der Waals surface area contributed by atoms with E-state index in [0.717, 1.165) is 31.5 Å². The minimum atomic E-state index is 0.0344. The van der Waals surface area contributed by atoms with E-state index in [1.165, 1.54) is 32.7 Å². The molecule has 0 unspecified atom stereocenters. The molecule has 1 heterocycles. The number of unbranched alkanes of at least 4 members (excludes halogenated alkanes) is 1. The Bertz CT molecular complexity index is 413. The lowest BCUT2D eigenvalue weighted by Crippen LogP contribution is -2.46. The molecule has 0 aromatic heterocycles. The number of piperazine rings is 1. The van der Waals surface area contributed by atoms with E-state index in [2.05, 4.69) is 22.0 Å². The monoisotopic (exact) mass is 289 g/mol. The second-order valence-corrected chi connectivity index (χ2v) is 5.60. The van der Waals surface area contributed by atoms with Gasteiger partial charge in [0.15, 0.2) is 0 Å². The second kappa shape index (κ2) is 8.80. The summed E-state index contributed by atoms with van der Waals surface area (Å²) in [5.41, 5.74) is 0.744. The Labute approximate surface area is 128 Å². The first-order valence-electron chi connectivity index (χ1n) is 8.07. The number of nitrogens with zero attached hydrogens (tertiary/aromatic N) is 2. The number of benzene rings is 1. The molecular weight excluding hydrogens is 262 g/mol. The van der Waals surface area contributed by atoms with Crippen molar-refractivity contribution >= 4 is 5.91 Å². The van der Waals surface area contributed by atoms with E-state index in [9.17, 15) is 4.79 Å². The Hall–Kier alpha value is -1.39. The van der Waals surface area contributed by atoms with Gasteiger partial charge in [0.2, 0.25) is 0 Å². The number of likely N-dealkylation sites (N-methyl/N-ethyl adjacent to an activating group) is 1. The van der Waals surface area contributed by atoms with Crippen LogP contribution in [0.3, 0.4) is 0 Å². The van der Waals surface area contributed by atoms with Crippen molar-refractivity contribution in [2.24, 2.45) is 0 Å². The largest absolute Gasteiger partial charge is 0.352 e. The SMILES string of the molecule is CCN1CCN(CCCCNC(=O)c2ccccc2)CC1. The third kappa shape index (κ3) is 5.48. The van der Waals surface area contributed by atoms with E-state index in [4.69, 9.17) is 0 Å². The predicted molar refractivity (Wildman–Crippen MR) is 86.6 cm³/mol. The highest BCUT2D eigenvalue weighted by Crippen LogP contribution is 2.03. The molecule has 1 saturated heterocycles. The van der Waals surface area contributed by atoms with Crippen molar-refractivity contribution in [3.05, 3.63) is 35.9 Å². The van der Waals surface area contributed by atoms with Crippen LogP contribution in [-0.4, -0.2) is 61.5 Å². The van der Waals surface area contributed by atoms with Gasteiger partial charge in [0.25, 0.3) is 5.91 Å². The number of nitrogens with one attached hydrogen (secondary N) is 1. The van der Waals surface area contributed by atoms with E-state index in [1.807, 2.05) is 30.3 Å². The van der Waals surface area contributed by atoms with Gasteiger partial charge in [-0.25, -0.2) is 0 Å². The second-order valence-electron chi connectivity index (χ2n) is 5.60. The third-order valence-corrected chi connectivity index (χ3v) is 4.13. The lowest BCUT2D eigenvalue weighted by Gasteiger charge is -2.33. The first-order valence-corrected chi connectivity index (χ1v) is 8.07. The molecule has 0 radical (unpaired) electrons. The summed E-state index contributed by atoms with van der Waals surface area (Å²) in [6.45, 7) is 10.1. The van der Waals surface area contributed by atoms with Crippen LogP contribution in [0.5, 0.6) is 0 Å². The van der Waals surface area contributed by atoms with Crippen LogP contribution in [-0.2, 0) is 0 Å². The number of carbonyl (C=O) groups excluding carboxylic acids is 1. The maximum Gasteiger partial charge on any atom is 0.251 e. The summed E-state index contributed by atoms with van der Waals surface area (Å²) in [4.78, 5) is 16.9. The van der Waals surface area contributed by atoms with Crippen LogP contribution in [0.2, 0.25) is 0 Å². The Kier molecular flexibility index (Phi) is 6.70. The van der Waals surface area contributed by atoms with Gasteiger partial charge < -0.3 is 15.1 Å². The summed E-state index contributed by atoms with van der Waals surface area (Å²) in [5, 5.41) is 2.99. The Morgan fingerprint density at radius 2 is 1.71 bits per heavy atom. The van der Waals surface area contributed by atoms with Gasteiger partial charge in [-0.05, 0) is 38.1 Å². The molecule has 1 aliphatic heterocycles. The van der Waals surface area contributed by atoms with Crippen LogP contribution >= 0.6 is 0 Å². The first kappa shape index (κ1) is 16.0. The molecule has 1 N–H and O–H groups in total. The first-order chi connectivity index (χ1) is 10.3. The fourth-order valence-electron chi connectivity index (χ4n) is 2.68. The molecule has 0 bridgehead atoms. The average molecular weight is 289 g/mol. The predicted octanol–water partition coefficient (Wildman–Crippen LogP) is 1.83. The number of rotatable bonds is 7. The van der Waals surface area contributed by atoms with Gasteiger partial charge in [0.05, 0.1) is 0 Å². The molecule has 21 heavy (non-hydrogen) atoms. The lowest BCUT2D eigenvalue weighted by molar-refractivity contribution is 0.0951. The highest BCUT2D eigenvalue weighted by atomic mass is 16.1. The van der Waals surface area contributed by atoms with Crippen molar-refractivity contribution in [3.63, 3.8) is 0 Å². The van der Waals surface area contributed by atoms with Crippen molar-refractivity contribution in [1.29, 1.82) is 0 Å². The molecule has 2 rings (SSSR count). The van der Waals surface area contributed by atoms with E-state index in [-0.39, 0.29) is 5.91 Å². The van der Waals surface area contributed by atoms with E-state index < -0.39 is 0 Å². The zero-order valence-corrected chi connectivity index (χ0v) is 13.1. The molecule has 1 amide bonds. The maximum atomic E-state index is 11.9. The van der Waals surface area contributed by atoms with Crippen LogP contribution in [0, 0.1) is 0 Å². The van der Waals surface area contributed by atoms with Crippen LogP contribution < -0.4 is 5.32 Å². The summed E-state index contributed by atoms with van der Waals surface area (Å²) in [6, 6.07) is 9.41. The zero-order chi connectivity index (χ0) is 14.9. The van der Waals surface area contributed by atoms with Crippen molar-refractivity contribution in [1.82, 2.24) is 15.1 Å². The van der Waals surface area contributed by atoms with Crippen LogP contribution in [0.1, 0.15) is 30.1 Å². The van der Waals surface area contributed by atoms with Gasteiger partial charge in [-0.3, -0.25) is 4.79 Å².